The van der Waals surface area contributed by atoms with Crippen LogP contribution >= 0.6 is 0 Å². The van der Waals surface area contributed by atoms with E-state index in [-0.39, 0.29) is 11.9 Å². The minimum atomic E-state index is -0.584. The van der Waals surface area contributed by atoms with Gasteiger partial charge in [-0.3, -0.25) is 10.1 Å². The van der Waals surface area contributed by atoms with Gasteiger partial charge in [0.15, 0.2) is 0 Å². The molecule has 0 bridgehead atoms. The molecule has 1 aromatic rings. The molecule has 0 aliphatic heterocycles. The second-order valence-electron chi connectivity index (χ2n) is 3.78. The van der Waals surface area contributed by atoms with E-state index in [1.54, 1.807) is 0 Å². The normalized spacial score (nSPS) is 15.8. The van der Waals surface area contributed by atoms with E-state index < -0.39 is 4.92 Å². The van der Waals surface area contributed by atoms with E-state index in [1.807, 2.05) is 0 Å². The summed E-state index contributed by atoms with van der Waals surface area (Å²) in [6.45, 7) is 0. The van der Waals surface area contributed by atoms with Gasteiger partial charge in [0.25, 0.3) is 0 Å². The summed E-state index contributed by atoms with van der Waals surface area (Å²) in [5.74, 6) is -0.332. The summed E-state index contributed by atoms with van der Waals surface area (Å²) in [6.07, 6.45) is 6.21. The van der Waals surface area contributed by atoms with Gasteiger partial charge in [-0.2, -0.15) is 0 Å². The highest BCUT2D eigenvalue weighted by molar-refractivity contribution is 5.73. The lowest BCUT2D eigenvalue weighted by Crippen LogP contribution is -2.31. The largest absolute Gasteiger partial charge is 0.337 e. The van der Waals surface area contributed by atoms with Gasteiger partial charge in [0.2, 0.25) is 6.20 Å². The predicted molar refractivity (Wildman–Crippen MR) is 57.2 cm³/mol. The molecule has 1 aromatic heterocycles. The number of hydrogen-bond acceptors (Lipinski definition) is 5. The van der Waals surface area contributed by atoms with Gasteiger partial charge in [0, 0.05) is 6.08 Å². The number of carbonyl (C=O) groups excluding carboxylic acids is 1. The van der Waals surface area contributed by atoms with Crippen LogP contribution in [0.3, 0.4) is 0 Å². The van der Waals surface area contributed by atoms with Crippen LogP contribution in [0.25, 0.3) is 6.08 Å². The van der Waals surface area contributed by atoms with Crippen LogP contribution < -0.4 is 4.84 Å². The number of carbonyl (C=O) groups is 1. The van der Waals surface area contributed by atoms with E-state index in [1.165, 1.54) is 18.3 Å². The quantitative estimate of drug-likeness (QED) is 0.573. The maximum Gasteiger partial charge on any atom is 0.337 e. The fourth-order valence-electron chi connectivity index (χ4n) is 1.41. The van der Waals surface area contributed by atoms with Crippen molar-refractivity contribution in [2.24, 2.45) is 5.92 Å². The van der Waals surface area contributed by atoms with Gasteiger partial charge in [-0.15, -0.1) is 5.10 Å². The van der Waals surface area contributed by atoms with Crippen LogP contribution in [-0.2, 0) is 4.79 Å². The molecule has 0 atom stereocenters. The molecule has 1 aliphatic carbocycles. The molecule has 1 aliphatic rings. The van der Waals surface area contributed by atoms with Crippen LogP contribution in [0.1, 0.15) is 25.0 Å². The van der Waals surface area contributed by atoms with E-state index in [0.29, 0.717) is 5.69 Å². The van der Waals surface area contributed by atoms with Gasteiger partial charge in [-0.1, -0.05) is 11.3 Å². The summed E-state index contributed by atoms with van der Waals surface area (Å²) in [4.78, 5) is 27.0. The molecule has 90 valence electrons. The smallest absolute Gasteiger partial charge is 0.319 e. The van der Waals surface area contributed by atoms with Crippen molar-refractivity contribution in [1.29, 1.82) is 0 Å². The number of aromatic nitrogens is 2. The molecule has 7 nitrogen and oxygen atoms in total. The minimum Gasteiger partial charge on any atom is -0.319 e. The summed E-state index contributed by atoms with van der Waals surface area (Å²) in [5.41, 5.74) is 0.364. The first kappa shape index (κ1) is 11.3. The molecule has 1 saturated carbocycles. The summed E-state index contributed by atoms with van der Waals surface area (Å²) >= 11 is 0. The first-order chi connectivity index (χ1) is 8.15. The van der Waals surface area contributed by atoms with Gasteiger partial charge in [-0.25, -0.2) is 4.79 Å². The first-order valence-electron chi connectivity index (χ1n) is 5.25. The standard InChI is InChI=1S/C10H11N3O4/c14-10(8-2-1-3-8)17-12-6-4-9(11-12)5-7-13(15)16/h4-8H,1-3H2/b7-5+. The Hall–Kier alpha value is -2.18. The molecule has 0 N–H and O–H groups in total. The Kier molecular flexibility index (Phi) is 3.17. The highest BCUT2D eigenvalue weighted by Gasteiger charge is 2.27. The zero-order chi connectivity index (χ0) is 12.3. The number of rotatable bonds is 4. The third-order valence-corrected chi connectivity index (χ3v) is 2.58. The second-order valence-corrected chi connectivity index (χ2v) is 3.78. The Morgan fingerprint density at radius 3 is 3.00 bits per heavy atom. The molecule has 0 amide bonds. The highest BCUT2D eigenvalue weighted by Crippen LogP contribution is 2.26. The van der Waals surface area contributed by atoms with E-state index in [0.717, 1.165) is 30.3 Å². The Morgan fingerprint density at radius 1 is 1.65 bits per heavy atom. The van der Waals surface area contributed by atoms with Crippen LogP contribution in [0.4, 0.5) is 0 Å². The number of nitro groups is 1. The lowest BCUT2D eigenvalue weighted by atomic mass is 9.86. The lowest BCUT2D eigenvalue weighted by molar-refractivity contribution is -0.401. The van der Waals surface area contributed by atoms with Crippen molar-refractivity contribution in [3.8, 4) is 0 Å². The van der Waals surface area contributed by atoms with Crippen LogP contribution in [0.2, 0.25) is 0 Å². The molecule has 0 aromatic carbocycles. The zero-order valence-electron chi connectivity index (χ0n) is 8.98. The third kappa shape index (κ3) is 2.90. The third-order valence-electron chi connectivity index (χ3n) is 2.58. The van der Waals surface area contributed by atoms with Gasteiger partial charge < -0.3 is 4.84 Å². The minimum absolute atomic E-state index is 0.0306. The molecule has 0 spiro atoms. The monoisotopic (exact) mass is 237 g/mol. The van der Waals surface area contributed by atoms with E-state index in [4.69, 9.17) is 4.84 Å². The maximum atomic E-state index is 11.5. The maximum absolute atomic E-state index is 11.5. The predicted octanol–water partition coefficient (Wildman–Crippen LogP) is 0.886. The van der Waals surface area contributed by atoms with E-state index in [9.17, 15) is 14.9 Å². The van der Waals surface area contributed by atoms with Crippen LogP contribution in [0.15, 0.2) is 18.5 Å². The average molecular weight is 237 g/mol. The van der Waals surface area contributed by atoms with Crippen molar-refractivity contribution in [3.63, 3.8) is 0 Å². The van der Waals surface area contributed by atoms with Gasteiger partial charge >= 0.3 is 5.97 Å². The Balaban J connectivity index is 1.93. The molecule has 1 heterocycles. The van der Waals surface area contributed by atoms with Crippen molar-refractivity contribution >= 4 is 12.0 Å². The molecule has 7 heteroatoms. The summed E-state index contributed by atoms with van der Waals surface area (Å²) in [5, 5.41) is 13.9. The van der Waals surface area contributed by atoms with Crippen LogP contribution in [0.5, 0.6) is 0 Å². The van der Waals surface area contributed by atoms with Crippen LogP contribution in [0, 0.1) is 16.0 Å². The first-order valence-corrected chi connectivity index (χ1v) is 5.25. The van der Waals surface area contributed by atoms with Crippen molar-refractivity contribution in [1.82, 2.24) is 9.94 Å². The summed E-state index contributed by atoms with van der Waals surface area (Å²) in [6, 6.07) is 1.52. The Bertz CT molecular complexity index is 462. The van der Waals surface area contributed by atoms with Crippen molar-refractivity contribution < 1.29 is 14.6 Å². The Morgan fingerprint density at radius 2 is 2.41 bits per heavy atom. The van der Waals surface area contributed by atoms with Crippen molar-refractivity contribution in [2.75, 3.05) is 0 Å². The van der Waals surface area contributed by atoms with Gasteiger partial charge in [0.1, 0.15) is 0 Å². The zero-order valence-corrected chi connectivity index (χ0v) is 8.98. The lowest BCUT2D eigenvalue weighted by Gasteiger charge is -2.22. The van der Waals surface area contributed by atoms with Crippen molar-refractivity contribution in [3.05, 3.63) is 34.3 Å². The van der Waals surface area contributed by atoms with Crippen LogP contribution in [-0.4, -0.2) is 20.8 Å². The van der Waals surface area contributed by atoms with Gasteiger partial charge in [-0.05, 0) is 18.9 Å². The number of nitrogens with zero attached hydrogens (tertiary/aromatic N) is 3. The molecule has 0 radical (unpaired) electrons. The summed E-state index contributed by atoms with van der Waals surface area (Å²) < 4.78 is 0. The van der Waals surface area contributed by atoms with Gasteiger partial charge in [0.05, 0.1) is 22.7 Å². The fourth-order valence-corrected chi connectivity index (χ4v) is 1.41. The molecular formula is C10H11N3O4. The molecule has 1 fully saturated rings. The molecule has 2 rings (SSSR count). The highest BCUT2D eigenvalue weighted by atomic mass is 16.7. The summed E-state index contributed by atoms with van der Waals surface area (Å²) in [7, 11) is 0. The molecule has 17 heavy (non-hydrogen) atoms. The molecule has 0 saturated heterocycles. The van der Waals surface area contributed by atoms with E-state index in [2.05, 4.69) is 5.10 Å². The topological polar surface area (TPSA) is 87.3 Å². The fraction of sp³-hybridized carbons (Fsp3) is 0.400. The molecule has 0 unspecified atom stereocenters. The van der Waals surface area contributed by atoms with E-state index >= 15 is 0 Å². The average Bonchev–Trinajstić information content (AvgIpc) is 2.59. The Labute approximate surface area is 96.8 Å². The molecular weight excluding hydrogens is 226 g/mol. The van der Waals surface area contributed by atoms with Crippen molar-refractivity contribution in [2.45, 2.75) is 19.3 Å². The number of hydrogen-bond donors (Lipinski definition) is 0. The second kappa shape index (κ2) is 4.77. The SMILES string of the molecule is O=C(On1ccc(/C=C/[N+](=O)[O-])n1)C1CCC1.